The fourth-order valence-electron chi connectivity index (χ4n) is 5.33. The number of anilines is 2. The van der Waals surface area contributed by atoms with Gasteiger partial charge in [0.05, 0.1) is 11.4 Å². The topological polar surface area (TPSA) is 89.7 Å². The zero-order valence-electron chi connectivity index (χ0n) is 21.4. The summed E-state index contributed by atoms with van der Waals surface area (Å²) in [4.78, 5) is 26.1. The molecule has 1 fully saturated rings. The van der Waals surface area contributed by atoms with Gasteiger partial charge in [-0.25, -0.2) is 14.3 Å². The second-order valence-corrected chi connectivity index (χ2v) is 11.0. The molecule has 1 aromatic carbocycles. The van der Waals surface area contributed by atoms with E-state index in [0.29, 0.717) is 35.4 Å². The Hall–Kier alpha value is -3.80. The van der Waals surface area contributed by atoms with Gasteiger partial charge in [-0.15, -0.1) is 0 Å². The van der Waals surface area contributed by atoms with Crippen LogP contribution in [0.15, 0.2) is 47.5 Å². The number of hydrogen-bond acceptors (Lipinski definition) is 6. The van der Waals surface area contributed by atoms with Crippen molar-refractivity contribution in [2.24, 2.45) is 0 Å². The van der Waals surface area contributed by atoms with Crippen molar-refractivity contribution in [2.75, 3.05) is 18.5 Å². The Labute approximate surface area is 221 Å². The number of fused-ring (bicyclic) bond motifs is 2. The average Bonchev–Trinajstić information content (AvgIpc) is 3.64. The molecule has 2 aliphatic rings. The van der Waals surface area contributed by atoms with Gasteiger partial charge in [-0.3, -0.25) is 14.2 Å². The number of benzene rings is 1. The van der Waals surface area contributed by atoms with Crippen molar-refractivity contribution in [1.29, 1.82) is 0 Å². The van der Waals surface area contributed by atoms with E-state index in [0.717, 1.165) is 16.8 Å². The average molecular weight is 542 g/mol. The lowest BCUT2D eigenvalue weighted by Crippen LogP contribution is -2.38. The smallest absolute Gasteiger partial charge is 0.324 e. The lowest BCUT2D eigenvalue weighted by Gasteiger charge is -2.33. The summed E-state index contributed by atoms with van der Waals surface area (Å²) >= 11 is 0. The molecule has 6 rings (SSSR count). The van der Waals surface area contributed by atoms with Crippen LogP contribution in [0.4, 0.5) is 29.2 Å². The van der Waals surface area contributed by atoms with Crippen molar-refractivity contribution < 1.29 is 17.6 Å². The number of alkyl halides is 4. The van der Waals surface area contributed by atoms with E-state index in [1.165, 1.54) is 30.1 Å². The van der Waals surface area contributed by atoms with Gasteiger partial charge in [-0.1, -0.05) is 19.9 Å². The third-order valence-corrected chi connectivity index (χ3v) is 7.62. The van der Waals surface area contributed by atoms with Gasteiger partial charge in [0.25, 0.3) is 5.56 Å². The summed E-state index contributed by atoms with van der Waals surface area (Å²) in [6, 6.07) is 8.95. The second kappa shape index (κ2) is 8.87. The van der Waals surface area contributed by atoms with Crippen molar-refractivity contribution in [3.8, 4) is 5.69 Å². The first-order valence-electron chi connectivity index (χ1n) is 12.7. The monoisotopic (exact) mass is 541 g/mol. The van der Waals surface area contributed by atoms with E-state index < -0.39 is 30.4 Å². The molecule has 204 valence electrons. The molecule has 39 heavy (non-hydrogen) atoms. The summed E-state index contributed by atoms with van der Waals surface area (Å²) in [5.74, 6) is 0.125. The summed E-state index contributed by atoms with van der Waals surface area (Å²) in [6.07, 6.45) is -0.818. The number of pyridine rings is 1. The molecule has 1 saturated carbocycles. The van der Waals surface area contributed by atoms with Crippen molar-refractivity contribution in [3.63, 3.8) is 0 Å². The fourth-order valence-corrected chi connectivity index (χ4v) is 5.33. The lowest BCUT2D eigenvalue weighted by atomic mass is 9.79. The summed E-state index contributed by atoms with van der Waals surface area (Å²) < 4.78 is 56.1. The minimum Gasteiger partial charge on any atom is -0.324 e. The Kier molecular flexibility index (Phi) is 5.79. The molecule has 4 heterocycles. The van der Waals surface area contributed by atoms with Gasteiger partial charge < -0.3 is 10.6 Å². The van der Waals surface area contributed by atoms with Crippen molar-refractivity contribution in [3.05, 3.63) is 69.9 Å². The molecule has 0 atom stereocenters. The maximum atomic E-state index is 13.7. The third kappa shape index (κ3) is 4.56. The third-order valence-electron chi connectivity index (χ3n) is 7.62. The molecule has 3 aromatic heterocycles. The van der Waals surface area contributed by atoms with E-state index in [1.54, 1.807) is 0 Å². The first-order valence-corrected chi connectivity index (χ1v) is 12.7. The molecular formula is C27H27F4N7O. The van der Waals surface area contributed by atoms with Gasteiger partial charge in [0.1, 0.15) is 18.6 Å². The van der Waals surface area contributed by atoms with Crippen LogP contribution in [0.2, 0.25) is 0 Å². The van der Waals surface area contributed by atoms with Crippen LogP contribution in [0.5, 0.6) is 0 Å². The SMILES string of the molecule is CC1(C)CNCc2cc(Nc3ncc4c(=O)n(CC(F)(F)F)n(-c5ccnc(C6(CF)CC6)c5)c4n3)ccc21. The summed E-state index contributed by atoms with van der Waals surface area (Å²) in [7, 11) is 0. The van der Waals surface area contributed by atoms with Gasteiger partial charge in [0.15, 0.2) is 5.65 Å². The largest absolute Gasteiger partial charge is 0.408 e. The normalized spacial score (nSPS) is 17.7. The van der Waals surface area contributed by atoms with Gasteiger partial charge in [0.2, 0.25) is 5.95 Å². The second-order valence-electron chi connectivity index (χ2n) is 11.0. The Balaban J connectivity index is 1.45. The molecule has 12 heteroatoms. The van der Waals surface area contributed by atoms with E-state index in [9.17, 15) is 22.4 Å². The first kappa shape index (κ1) is 25.5. The van der Waals surface area contributed by atoms with E-state index in [4.69, 9.17) is 0 Å². The highest BCUT2D eigenvalue weighted by Gasteiger charge is 2.46. The summed E-state index contributed by atoms with van der Waals surface area (Å²) in [5.41, 5.74) is 2.12. The molecule has 4 aromatic rings. The fraction of sp³-hybridized carbons (Fsp3) is 0.407. The first-order chi connectivity index (χ1) is 18.5. The highest BCUT2D eigenvalue weighted by Crippen LogP contribution is 2.48. The standard InChI is InChI=1S/C27H27F4N7O/c1-25(2)14-32-11-16-9-17(3-4-20(16)25)35-24-34-12-19-22(36-24)38(37(23(19)39)15-27(29,30)31)18-5-8-33-21(10-18)26(13-28)6-7-26/h3-5,8-10,12,32H,6-7,11,13-15H2,1-2H3,(H,34,35,36). The molecular weight excluding hydrogens is 514 g/mol. The zero-order chi connectivity index (χ0) is 27.6. The number of hydrogen-bond donors (Lipinski definition) is 2. The van der Waals surface area contributed by atoms with Crippen LogP contribution < -0.4 is 16.2 Å². The highest BCUT2D eigenvalue weighted by atomic mass is 19.4. The number of nitrogens with zero attached hydrogens (tertiary/aromatic N) is 5. The van der Waals surface area contributed by atoms with Crippen LogP contribution in [-0.2, 0) is 23.9 Å². The minimum atomic E-state index is -4.66. The molecule has 0 spiro atoms. The van der Waals surface area contributed by atoms with Gasteiger partial charge in [-0.2, -0.15) is 18.2 Å². The zero-order valence-corrected chi connectivity index (χ0v) is 21.4. The van der Waals surface area contributed by atoms with Gasteiger partial charge in [0, 0.05) is 42.0 Å². The Morgan fingerprint density at radius 3 is 2.64 bits per heavy atom. The van der Waals surface area contributed by atoms with Crippen LogP contribution in [0.3, 0.4) is 0 Å². The quantitative estimate of drug-likeness (QED) is 0.345. The lowest BCUT2D eigenvalue weighted by molar-refractivity contribution is -0.144. The Bertz CT molecular complexity index is 1640. The minimum absolute atomic E-state index is 0.00440. The number of halogens is 4. The number of rotatable bonds is 6. The van der Waals surface area contributed by atoms with Crippen molar-refractivity contribution in [2.45, 2.75) is 56.8 Å². The molecule has 8 nitrogen and oxygen atoms in total. The van der Waals surface area contributed by atoms with E-state index >= 15 is 0 Å². The number of nitrogens with one attached hydrogen (secondary N) is 2. The van der Waals surface area contributed by atoms with Crippen LogP contribution in [0.25, 0.3) is 16.7 Å². The Morgan fingerprint density at radius 2 is 1.92 bits per heavy atom. The molecule has 1 aliphatic heterocycles. The van der Waals surface area contributed by atoms with E-state index in [2.05, 4.69) is 39.4 Å². The molecule has 0 saturated heterocycles. The summed E-state index contributed by atoms with van der Waals surface area (Å²) in [6.45, 7) is 3.76. The van der Waals surface area contributed by atoms with Crippen LogP contribution in [-0.4, -0.2) is 43.7 Å². The van der Waals surface area contributed by atoms with Crippen LogP contribution >= 0.6 is 0 Å². The van der Waals surface area contributed by atoms with Gasteiger partial charge in [-0.05, 0) is 48.2 Å². The molecule has 2 N–H and O–H groups in total. The number of aromatic nitrogens is 5. The Morgan fingerprint density at radius 1 is 1.13 bits per heavy atom. The van der Waals surface area contributed by atoms with Crippen molar-refractivity contribution >= 4 is 22.7 Å². The van der Waals surface area contributed by atoms with Crippen LogP contribution in [0, 0.1) is 0 Å². The van der Waals surface area contributed by atoms with E-state index in [-0.39, 0.29) is 28.1 Å². The maximum Gasteiger partial charge on any atom is 0.408 e. The van der Waals surface area contributed by atoms with Gasteiger partial charge >= 0.3 is 6.18 Å². The summed E-state index contributed by atoms with van der Waals surface area (Å²) in [5, 5.41) is 6.46. The predicted molar refractivity (Wildman–Crippen MR) is 138 cm³/mol. The molecule has 0 unspecified atom stereocenters. The highest BCUT2D eigenvalue weighted by molar-refractivity contribution is 5.77. The molecule has 0 amide bonds. The van der Waals surface area contributed by atoms with Crippen LogP contribution in [0.1, 0.15) is 43.5 Å². The molecule has 0 radical (unpaired) electrons. The van der Waals surface area contributed by atoms with Crippen molar-refractivity contribution in [1.82, 2.24) is 29.6 Å². The molecule has 1 aliphatic carbocycles. The van der Waals surface area contributed by atoms with E-state index in [1.807, 2.05) is 18.2 Å². The molecule has 0 bridgehead atoms. The predicted octanol–water partition coefficient (Wildman–Crippen LogP) is 4.67. The maximum absolute atomic E-state index is 13.7.